The van der Waals surface area contributed by atoms with E-state index in [9.17, 15) is 9.90 Å². The van der Waals surface area contributed by atoms with Gasteiger partial charge in [0.1, 0.15) is 5.76 Å². The van der Waals surface area contributed by atoms with Crippen molar-refractivity contribution in [3.8, 4) is 0 Å². The Bertz CT molecular complexity index is 855. The summed E-state index contributed by atoms with van der Waals surface area (Å²) in [5, 5.41) is 10.7. The fraction of sp³-hybridized carbons (Fsp3) is 0.375. The lowest BCUT2D eigenvalue weighted by molar-refractivity contribution is -0.115. The van der Waals surface area contributed by atoms with Gasteiger partial charge in [-0.3, -0.25) is 4.79 Å². The quantitative estimate of drug-likeness (QED) is 0.614. The third-order valence-electron chi connectivity index (χ3n) is 5.27. The molecule has 1 unspecified atom stereocenters. The number of carbonyl (C=O) groups is 1. The third-order valence-corrected chi connectivity index (χ3v) is 6.31. The molecule has 1 aliphatic rings. The number of benzene rings is 2. The second-order valence-corrected chi connectivity index (χ2v) is 8.91. The van der Waals surface area contributed by atoms with Crippen LogP contribution in [0.25, 0.3) is 5.57 Å². The van der Waals surface area contributed by atoms with Crippen molar-refractivity contribution in [2.75, 3.05) is 5.75 Å². The molecule has 2 aromatic carbocycles. The number of allylic oxidation sites excluding steroid dienone is 2. The van der Waals surface area contributed by atoms with Gasteiger partial charge in [0, 0.05) is 17.7 Å². The molecule has 0 radical (unpaired) electrons. The highest BCUT2D eigenvalue weighted by Crippen LogP contribution is 2.37. The van der Waals surface area contributed by atoms with E-state index in [1.165, 1.54) is 16.0 Å². The summed E-state index contributed by atoms with van der Waals surface area (Å²) < 4.78 is 0. The molecule has 0 fully saturated rings. The molecule has 3 rings (SSSR count). The number of rotatable bonds is 5. The van der Waals surface area contributed by atoms with Crippen LogP contribution in [0.15, 0.2) is 47.1 Å². The number of aliphatic hydroxyl groups excluding tert-OH is 1. The van der Waals surface area contributed by atoms with Crippen LogP contribution in [0.1, 0.15) is 47.1 Å². The second kappa shape index (κ2) is 8.35. The van der Waals surface area contributed by atoms with Crippen molar-refractivity contribution in [3.05, 3.63) is 70.0 Å². The van der Waals surface area contributed by atoms with Gasteiger partial charge >= 0.3 is 0 Å². The fourth-order valence-corrected chi connectivity index (χ4v) is 5.03. The Kier molecular flexibility index (Phi) is 6.11. The Balaban J connectivity index is 1.69. The standard InChI is InChI=1S/C24H28O2S/c1-15-5-7-20(8-6-15)27-10-9-19-13-21(25)24(22(26)14-19)23-17(3)11-16(2)12-18(23)4/h5-8,11-12,19,25H,9-10,13-14H2,1-4H3. The smallest absolute Gasteiger partial charge is 0.167 e. The average molecular weight is 381 g/mol. The summed E-state index contributed by atoms with van der Waals surface area (Å²) in [4.78, 5) is 14.1. The van der Waals surface area contributed by atoms with Gasteiger partial charge in [0.2, 0.25) is 0 Å². The summed E-state index contributed by atoms with van der Waals surface area (Å²) in [7, 11) is 0. The average Bonchev–Trinajstić information content (AvgIpc) is 2.58. The second-order valence-electron chi connectivity index (χ2n) is 7.74. The van der Waals surface area contributed by atoms with Crippen molar-refractivity contribution < 1.29 is 9.90 Å². The molecule has 0 saturated heterocycles. The van der Waals surface area contributed by atoms with Crippen LogP contribution in [-0.2, 0) is 4.79 Å². The number of aliphatic hydroxyl groups is 1. The van der Waals surface area contributed by atoms with Crippen molar-refractivity contribution in [2.45, 2.75) is 51.9 Å². The van der Waals surface area contributed by atoms with Crippen LogP contribution in [-0.4, -0.2) is 16.6 Å². The molecule has 0 amide bonds. The molecule has 0 aliphatic heterocycles. The largest absolute Gasteiger partial charge is 0.512 e. The van der Waals surface area contributed by atoms with Crippen molar-refractivity contribution >= 4 is 23.1 Å². The van der Waals surface area contributed by atoms with E-state index in [1.807, 2.05) is 25.6 Å². The van der Waals surface area contributed by atoms with E-state index >= 15 is 0 Å². The molecule has 1 N–H and O–H groups in total. The van der Waals surface area contributed by atoms with E-state index in [-0.39, 0.29) is 17.5 Å². The highest BCUT2D eigenvalue weighted by molar-refractivity contribution is 7.99. The third kappa shape index (κ3) is 4.65. The molecule has 142 valence electrons. The Morgan fingerprint density at radius 2 is 1.59 bits per heavy atom. The molecule has 1 atom stereocenters. The van der Waals surface area contributed by atoms with Gasteiger partial charge < -0.3 is 5.11 Å². The van der Waals surface area contributed by atoms with Gasteiger partial charge in [-0.2, -0.15) is 0 Å². The predicted octanol–water partition coefficient (Wildman–Crippen LogP) is 6.35. The Morgan fingerprint density at radius 3 is 2.19 bits per heavy atom. The first-order chi connectivity index (χ1) is 12.8. The Morgan fingerprint density at radius 1 is 0.963 bits per heavy atom. The summed E-state index contributed by atoms with van der Waals surface area (Å²) in [6, 6.07) is 12.7. The van der Waals surface area contributed by atoms with Gasteiger partial charge in [-0.1, -0.05) is 35.4 Å². The number of hydrogen-bond acceptors (Lipinski definition) is 3. The molecule has 27 heavy (non-hydrogen) atoms. The monoisotopic (exact) mass is 380 g/mol. The highest BCUT2D eigenvalue weighted by Gasteiger charge is 2.30. The van der Waals surface area contributed by atoms with Gasteiger partial charge in [0.15, 0.2) is 5.78 Å². The maximum Gasteiger partial charge on any atom is 0.167 e. The zero-order chi connectivity index (χ0) is 19.6. The van der Waals surface area contributed by atoms with Crippen LogP contribution in [0.2, 0.25) is 0 Å². The van der Waals surface area contributed by atoms with E-state index in [0.717, 1.165) is 28.9 Å². The van der Waals surface area contributed by atoms with Crippen LogP contribution in [0.3, 0.4) is 0 Å². The van der Waals surface area contributed by atoms with Gasteiger partial charge in [0.25, 0.3) is 0 Å². The summed E-state index contributed by atoms with van der Waals surface area (Å²) >= 11 is 1.82. The van der Waals surface area contributed by atoms with E-state index in [0.29, 0.717) is 18.4 Å². The first-order valence-corrected chi connectivity index (χ1v) is 10.6. The van der Waals surface area contributed by atoms with E-state index in [1.54, 1.807) is 0 Å². The molecular formula is C24H28O2S. The summed E-state index contributed by atoms with van der Waals surface area (Å²) in [6.07, 6.45) is 2.07. The minimum absolute atomic E-state index is 0.0825. The fourth-order valence-electron chi connectivity index (χ4n) is 4.01. The van der Waals surface area contributed by atoms with Crippen molar-refractivity contribution in [1.82, 2.24) is 0 Å². The van der Waals surface area contributed by atoms with Gasteiger partial charge in [-0.15, -0.1) is 11.8 Å². The number of Topliss-reactive ketones (excluding diaryl/α,β-unsaturated/α-hetero) is 1. The summed E-state index contributed by atoms with van der Waals surface area (Å²) in [5.41, 5.74) is 6.05. The van der Waals surface area contributed by atoms with E-state index in [4.69, 9.17) is 0 Å². The predicted molar refractivity (Wildman–Crippen MR) is 114 cm³/mol. The lowest BCUT2D eigenvalue weighted by Crippen LogP contribution is -2.20. The maximum atomic E-state index is 12.9. The minimum atomic E-state index is 0.0825. The SMILES string of the molecule is Cc1ccc(SCCC2CC(=O)C(c3c(C)cc(C)cc3C)=C(O)C2)cc1. The number of carbonyl (C=O) groups excluding carboxylic acids is 1. The minimum Gasteiger partial charge on any atom is -0.512 e. The van der Waals surface area contributed by atoms with E-state index < -0.39 is 0 Å². The Labute approximate surface area is 166 Å². The molecule has 0 bridgehead atoms. The lowest BCUT2D eigenvalue weighted by atomic mass is 9.80. The maximum absolute atomic E-state index is 12.9. The van der Waals surface area contributed by atoms with Gasteiger partial charge in [-0.05, 0) is 74.6 Å². The molecule has 0 spiro atoms. The topological polar surface area (TPSA) is 37.3 Å². The molecule has 0 saturated carbocycles. The number of ketones is 1. The number of aryl methyl sites for hydroxylation is 4. The molecule has 1 aliphatic carbocycles. The molecule has 3 heteroatoms. The normalized spacial score (nSPS) is 17.5. The lowest BCUT2D eigenvalue weighted by Gasteiger charge is -2.25. The molecule has 0 aromatic heterocycles. The number of thioether (sulfide) groups is 1. The van der Waals surface area contributed by atoms with Crippen molar-refractivity contribution in [1.29, 1.82) is 0 Å². The summed E-state index contributed by atoms with van der Waals surface area (Å²) in [6.45, 7) is 8.19. The van der Waals surface area contributed by atoms with Crippen LogP contribution >= 0.6 is 11.8 Å². The van der Waals surface area contributed by atoms with Crippen LogP contribution in [0, 0.1) is 33.6 Å². The molecule has 0 heterocycles. The number of hydrogen-bond donors (Lipinski definition) is 1. The van der Waals surface area contributed by atoms with Gasteiger partial charge in [-0.25, -0.2) is 0 Å². The molecule has 2 aromatic rings. The molecular weight excluding hydrogens is 352 g/mol. The van der Waals surface area contributed by atoms with Crippen LogP contribution in [0.4, 0.5) is 0 Å². The zero-order valence-electron chi connectivity index (χ0n) is 16.6. The van der Waals surface area contributed by atoms with Crippen molar-refractivity contribution in [3.63, 3.8) is 0 Å². The van der Waals surface area contributed by atoms with E-state index in [2.05, 4.69) is 50.2 Å². The Hall–Kier alpha value is -2.00. The van der Waals surface area contributed by atoms with Gasteiger partial charge in [0.05, 0.1) is 5.57 Å². The summed E-state index contributed by atoms with van der Waals surface area (Å²) in [5.74, 6) is 1.54. The highest BCUT2D eigenvalue weighted by atomic mass is 32.2. The van der Waals surface area contributed by atoms with Crippen LogP contribution in [0.5, 0.6) is 0 Å². The van der Waals surface area contributed by atoms with Crippen LogP contribution < -0.4 is 0 Å². The first-order valence-electron chi connectivity index (χ1n) is 9.58. The zero-order valence-corrected chi connectivity index (χ0v) is 17.5. The molecule has 2 nitrogen and oxygen atoms in total. The van der Waals surface area contributed by atoms with Crippen molar-refractivity contribution in [2.24, 2.45) is 5.92 Å². The first kappa shape index (κ1) is 19.8.